The molecule has 0 spiro atoms. The summed E-state index contributed by atoms with van der Waals surface area (Å²) >= 11 is 6.14. The number of nitrogens with one attached hydrogen (secondary N) is 1. The Morgan fingerprint density at radius 2 is 2.10 bits per heavy atom. The van der Waals surface area contributed by atoms with Crippen LogP contribution in [-0.2, 0) is 4.74 Å². The van der Waals surface area contributed by atoms with Crippen molar-refractivity contribution in [2.45, 2.75) is 45.3 Å². The largest absolute Gasteiger partial charge is 0.444 e. The van der Waals surface area contributed by atoms with Crippen molar-refractivity contribution in [3.05, 3.63) is 41.8 Å². The molecule has 4 heterocycles. The predicted octanol–water partition coefficient (Wildman–Crippen LogP) is 3.94. The van der Waals surface area contributed by atoms with E-state index in [0.717, 1.165) is 36.5 Å². The molecular weight excluding hydrogens is 404 g/mol. The van der Waals surface area contributed by atoms with Crippen molar-refractivity contribution in [2.75, 3.05) is 18.0 Å². The highest BCUT2D eigenvalue weighted by atomic mass is 35.5. The Bertz CT molecular complexity index is 1060. The van der Waals surface area contributed by atoms with Gasteiger partial charge in [-0.1, -0.05) is 11.6 Å². The van der Waals surface area contributed by atoms with Gasteiger partial charge in [0.15, 0.2) is 5.82 Å². The molecule has 0 aromatic carbocycles. The average Bonchev–Trinajstić information content (AvgIpc) is 3.10. The zero-order valence-corrected chi connectivity index (χ0v) is 18.1. The number of ether oxygens (including phenoxy) is 1. The van der Waals surface area contributed by atoms with Gasteiger partial charge in [0.05, 0.1) is 11.2 Å². The summed E-state index contributed by atoms with van der Waals surface area (Å²) in [5.74, 6) is 1.39. The average molecular weight is 429 g/mol. The van der Waals surface area contributed by atoms with Gasteiger partial charge in [-0.15, -0.1) is 0 Å². The predicted molar refractivity (Wildman–Crippen MR) is 116 cm³/mol. The maximum atomic E-state index is 12.1. The molecule has 0 aliphatic carbocycles. The standard InChI is InChI=1S/C21H25ClN6O2/c1-21(2,3)30-20(29)25-15-5-4-10-27(13-15)18-8-9-23-19(26-18)16-11-24-17-7-6-14(22)12-28(16)17/h6-9,11-12,15H,4-5,10,13H2,1-3H3,(H,25,29). The third-order valence-corrected chi connectivity index (χ3v) is 5.03. The summed E-state index contributed by atoms with van der Waals surface area (Å²) in [5, 5.41) is 3.59. The molecule has 1 fully saturated rings. The van der Waals surface area contributed by atoms with Crippen molar-refractivity contribution < 1.29 is 9.53 Å². The van der Waals surface area contributed by atoms with E-state index in [9.17, 15) is 4.79 Å². The van der Waals surface area contributed by atoms with Gasteiger partial charge in [-0.2, -0.15) is 0 Å². The van der Waals surface area contributed by atoms with Gasteiger partial charge >= 0.3 is 6.09 Å². The topological polar surface area (TPSA) is 84.6 Å². The van der Waals surface area contributed by atoms with Gasteiger partial charge in [-0.3, -0.25) is 4.40 Å². The van der Waals surface area contributed by atoms with Crippen LogP contribution < -0.4 is 10.2 Å². The fourth-order valence-corrected chi connectivity index (χ4v) is 3.71. The molecule has 0 bridgehead atoms. The van der Waals surface area contributed by atoms with Crippen LogP contribution in [-0.4, -0.2) is 50.2 Å². The number of piperidine rings is 1. The number of hydrogen-bond donors (Lipinski definition) is 1. The number of hydrogen-bond acceptors (Lipinski definition) is 6. The Balaban J connectivity index is 1.52. The Kier molecular flexibility index (Phi) is 5.51. The summed E-state index contributed by atoms with van der Waals surface area (Å²) in [4.78, 5) is 27.9. The van der Waals surface area contributed by atoms with Gasteiger partial charge in [-0.25, -0.2) is 19.7 Å². The van der Waals surface area contributed by atoms with Crippen LogP contribution in [0.25, 0.3) is 17.2 Å². The first-order chi connectivity index (χ1) is 14.3. The van der Waals surface area contributed by atoms with Crippen LogP contribution in [0.5, 0.6) is 0 Å². The SMILES string of the molecule is CC(C)(C)OC(=O)NC1CCCN(c2ccnc(-c3cnc4ccc(Cl)cn34)n2)C1. The zero-order valence-electron chi connectivity index (χ0n) is 17.3. The quantitative estimate of drug-likeness (QED) is 0.680. The van der Waals surface area contributed by atoms with Crippen LogP contribution in [0.4, 0.5) is 10.6 Å². The third-order valence-electron chi connectivity index (χ3n) is 4.81. The smallest absolute Gasteiger partial charge is 0.407 e. The van der Waals surface area contributed by atoms with E-state index < -0.39 is 5.60 Å². The highest BCUT2D eigenvalue weighted by Gasteiger charge is 2.25. The van der Waals surface area contributed by atoms with E-state index in [1.165, 1.54) is 0 Å². The van der Waals surface area contributed by atoms with Crippen LogP contribution in [0, 0.1) is 0 Å². The molecule has 158 valence electrons. The second kappa shape index (κ2) is 8.10. The molecule has 1 saturated heterocycles. The molecule has 0 radical (unpaired) electrons. The minimum absolute atomic E-state index is 0.00150. The van der Waals surface area contributed by atoms with E-state index in [-0.39, 0.29) is 12.1 Å². The maximum Gasteiger partial charge on any atom is 0.407 e. The number of carbonyl (C=O) groups excluding carboxylic acids is 1. The van der Waals surface area contributed by atoms with Crippen molar-refractivity contribution in [1.29, 1.82) is 0 Å². The molecular formula is C21H25ClN6O2. The van der Waals surface area contributed by atoms with Gasteiger partial charge in [0, 0.05) is 31.5 Å². The summed E-state index contributed by atoms with van der Waals surface area (Å²) in [6, 6.07) is 5.54. The zero-order chi connectivity index (χ0) is 21.3. The highest BCUT2D eigenvalue weighted by molar-refractivity contribution is 6.30. The molecule has 1 N–H and O–H groups in total. The van der Waals surface area contributed by atoms with E-state index in [2.05, 4.69) is 20.2 Å². The Morgan fingerprint density at radius 3 is 2.90 bits per heavy atom. The Labute approximate surface area is 180 Å². The number of anilines is 1. The van der Waals surface area contributed by atoms with Crippen molar-refractivity contribution in [1.82, 2.24) is 24.7 Å². The first-order valence-electron chi connectivity index (χ1n) is 9.99. The molecule has 3 aromatic rings. The van der Waals surface area contributed by atoms with E-state index in [0.29, 0.717) is 17.4 Å². The molecule has 0 saturated carbocycles. The van der Waals surface area contributed by atoms with Gasteiger partial charge in [-0.05, 0) is 51.8 Å². The molecule has 1 unspecified atom stereocenters. The Morgan fingerprint density at radius 1 is 1.27 bits per heavy atom. The fraction of sp³-hybridized carbons (Fsp3) is 0.429. The number of nitrogens with zero attached hydrogens (tertiary/aromatic N) is 5. The first kappa shape index (κ1) is 20.4. The van der Waals surface area contributed by atoms with Crippen LogP contribution in [0.1, 0.15) is 33.6 Å². The minimum atomic E-state index is -0.517. The minimum Gasteiger partial charge on any atom is -0.444 e. The number of carbonyl (C=O) groups is 1. The summed E-state index contributed by atoms with van der Waals surface area (Å²) in [6.45, 7) is 7.09. The van der Waals surface area contributed by atoms with Gasteiger partial charge in [0.1, 0.15) is 22.8 Å². The number of aromatic nitrogens is 4. The normalized spacial score (nSPS) is 17.2. The molecule has 9 heteroatoms. The second-order valence-electron chi connectivity index (χ2n) is 8.39. The van der Waals surface area contributed by atoms with Gasteiger partial charge < -0.3 is 15.0 Å². The van der Waals surface area contributed by atoms with Crippen molar-refractivity contribution >= 4 is 29.2 Å². The fourth-order valence-electron chi connectivity index (χ4n) is 3.55. The summed E-state index contributed by atoms with van der Waals surface area (Å²) in [7, 11) is 0. The van der Waals surface area contributed by atoms with E-state index in [4.69, 9.17) is 21.3 Å². The summed E-state index contributed by atoms with van der Waals surface area (Å²) in [5.41, 5.74) is 1.04. The van der Waals surface area contributed by atoms with Crippen LogP contribution in [0.2, 0.25) is 5.02 Å². The summed E-state index contributed by atoms with van der Waals surface area (Å²) < 4.78 is 7.26. The third kappa shape index (κ3) is 4.64. The van der Waals surface area contributed by atoms with E-state index in [1.54, 1.807) is 24.7 Å². The monoisotopic (exact) mass is 428 g/mol. The van der Waals surface area contributed by atoms with Crippen molar-refractivity contribution in [2.24, 2.45) is 0 Å². The number of pyridine rings is 1. The van der Waals surface area contributed by atoms with Gasteiger partial charge in [0.2, 0.25) is 0 Å². The van der Waals surface area contributed by atoms with Crippen molar-refractivity contribution in [3.63, 3.8) is 0 Å². The lowest BCUT2D eigenvalue weighted by molar-refractivity contribution is 0.0500. The second-order valence-corrected chi connectivity index (χ2v) is 8.83. The number of amides is 1. The van der Waals surface area contributed by atoms with Crippen LogP contribution >= 0.6 is 11.6 Å². The number of imidazole rings is 1. The molecule has 1 amide bonds. The number of rotatable bonds is 3. The summed E-state index contributed by atoms with van der Waals surface area (Å²) in [6.07, 6.45) is 6.75. The number of alkyl carbamates (subject to hydrolysis) is 1. The van der Waals surface area contributed by atoms with Gasteiger partial charge in [0.25, 0.3) is 0 Å². The lowest BCUT2D eigenvalue weighted by Crippen LogP contribution is -2.49. The molecule has 1 aliphatic rings. The molecule has 1 atom stereocenters. The Hall–Kier alpha value is -2.87. The lowest BCUT2D eigenvalue weighted by Gasteiger charge is -2.34. The molecule has 30 heavy (non-hydrogen) atoms. The molecule has 3 aromatic heterocycles. The lowest BCUT2D eigenvalue weighted by atomic mass is 10.1. The molecule has 8 nitrogen and oxygen atoms in total. The van der Waals surface area contributed by atoms with E-state index in [1.807, 2.05) is 37.3 Å². The molecule has 4 rings (SSSR count). The molecule has 1 aliphatic heterocycles. The van der Waals surface area contributed by atoms with E-state index >= 15 is 0 Å². The maximum absolute atomic E-state index is 12.1. The van der Waals surface area contributed by atoms with Crippen LogP contribution in [0.3, 0.4) is 0 Å². The highest BCUT2D eigenvalue weighted by Crippen LogP contribution is 2.23. The van der Waals surface area contributed by atoms with Crippen LogP contribution in [0.15, 0.2) is 36.8 Å². The number of halogens is 1. The van der Waals surface area contributed by atoms with Crippen molar-refractivity contribution in [3.8, 4) is 11.5 Å². The first-order valence-corrected chi connectivity index (χ1v) is 10.4. The number of fused-ring (bicyclic) bond motifs is 1.